The van der Waals surface area contributed by atoms with E-state index >= 15 is 0 Å². The summed E-state index contributed by atoms with van der Waals surface area (Å²) in [4.78, 5) is 16.0. The van der Waals surface area contributed by atoms with Crippen LogP contribution in [0.3, 0.4) is 0 Å². The Hall–Kier alpha value is -1.81. The fourth-order valence-corrected chi connectivity index (χ4v) is 2.18. The smallest absolute Gasteiger partial charge is 0.354 e. The minimum Gasteiger partial charge on any atom is -0.477 e. The zero-order chi connectivity index (χ0) is 12.1. The second-order valence-electron chi connectivity index (χ2n) is 3.42. The first-order valence-corrected chi connectivity index (χ1v) is 6.11. The molecule has 3 nitrogen and oxygen atoms in total. The summed E-state index contributed by atoms with van der Waals surface area (Å²) in [5, 5.41) is 8.83. The predicted molar refractivity (Wildman–Crippen MR) is 67.2 cm³/mol. The highest BCUT2D eigenvalue weighted by Gasteiger charge is 2.05. The number of aromatic carboxylic acids is 1. The highest BCUT2D eigenvalue weighted by Crippen LogP contribution is 2.21. The number of carboxylic acid groups (broad SMARTS) is 1. The van der Waals surface area contributed by atoms with Crippen molar-refractivity contribution < 1.29 is 9.90 Å². The molecule has 0 saturated carbocycles. The van der Waals surface area contributed by atoms with Crippen molar-refractivity contribution in [3.8, 4) is 0 Å². The van der Waals surface area contributed by atoms with Crippen molar-refractivity contribution in [2.45, 2.75) is 10.6 Å². The van der Waals surface area contributed by atoms with Crippen LogP contribution in [0.2, 0.25) is 0 Å². The average Bonchev–Trinajstić information content (AvgIpc) is 2.38. The number of nitrogens with zero attached hydrogens (tertiary/aromatic N) is 1. The molecule has 0 aliphatic rings. The van der Waals surface area contributed by atoms with Gasteiger partial charge >= 0.3 is 5.97 Å². The van der Waals surface area contributed by atoms with Crippen LogP contribution in [0.1, 0.15) is 16.2 Å². The number of benzene rings is 1. The normalized spacial score (nSPS) is 10.1. The Labute approximate surface area is 104 Å². The summed E-state index contributed by atoms with van der Waals surface area (Å²) in [5.74, 6) is -0.318. The van der Waals surface area contributed by atoms with Gasteiger partial charge in [-0.3, -0.25) is 0 Å². The summed E-state index contributed by atoms with van der Waals surface area (Å²) in [7, 11) is 0. The molecular formula is C13H11NO2S. The van der Waals surface area contributed by atoms with E-state index in [2.05, 4.69) is 4.98 Å². The standard InChI is InChI=1S/C13H11NO2S/c15-13(16)12-8-4-5-10(14-12)9-17-11-6-2-1-3-7-11/h1-8H,9H2,(H,15,16). The fourth-order valence-electron chi connectivity index (χ4n) is 1.35. The lowest BCUT2D eigenvalue weighted by atomic mass is 10.3. The van der Waals surface area contributed by atoms with Gasteiger partial charge in [0.2, 0.25) is 0 Å². The lowest BCUT2D eigenvalue weighted by Crippen LogP contribution is -2.01. The zero-order valence-electron chi connectivity index (χ0n) is 9.04. The topological polar surface area (TPSA) is 50.2 Å². The highest BCUT2D eigenvalue weighted by atomic mass is 32.2. The van der Waals surface area contributed by atoms with Crippen molar-refractivity contribution in [2.24, 2.45) is 0 Å². The van der Waals surface area contributed by atoms with Gasteiger partial charge in [0, 0.05) is 10.6 Å². The summed E-state index contributed by atoms with van der Waals surface area (Å²) in [5.41, 5.74) is 0.870. The van der Waals surface area contributed by atoms with Gasteiger partial charge in [0.1, 0.15) is 5.69 Å². The van der Waals surface area contributed by atoms with Crippen molar-refractivity contribution in [3.05, 3.63) is 59.9 Å². The molecule has 1 aromatic carbocycles. The van der Waals surface area contributed by atoms with Crippen LogP contribution in [-0.4, -0.2) is 16.1 Å². The van der Waals surface area contributed by atoms with Crippen LogP contribution in [0.4, 0.5) is 0 Å². The highest BCUT2D eigenvalue weighted by molar-refractivity contribution is 7.98. The molecule has 0 unspecified atom stereocenters. The van der Waals surface area contributed by atoms with Crippen LogP contribution >= 0.6 is 11.8 Å². The first kappa shape index (κ1) is 11.7. The largest absolute Gasteiger partial charge is 0.477 e. The maximum Gasteiger partial charge on any atom is 0.354 e. The molecule has 1 aromatic heterocycles. The average molecular weight is 245 g/mol. The molecule has 1 heterocycles. The van der Waals surface area contributed by atoms with Gasteiger partial charge in [0.15, 0.2) is 0 Å². The number of hydrogen-bond acceptors (Lipinski definition) is 3. The van der Waals surface area contributed by atoms with Gasteiger partial charge in [-0.05, 0) is 24.3 Å². The van der Waals surface area contributed by atoms with E-state index in [1.54, 1.807) is 17.8 Å². The fraction of sp³-hybridized carbons (Fsp3) is 0.0769. The lowest BCUT2D eigenvalue weighted by Gasteiger charge is -2.02. The Balaban J connectivity index is 2.04. The summed E-state index contributed by atoms with van der Waals surface area (Å²) >= 11 is 1.64. The molecule has 2 rings (SSSR count). The summed E-state index contributed by atoms with van der Waals surface area (Å²) in [6.07, 6.45) is 0. The summed E-state index contributed by atoms with van der Waals surface area (Å²) < 4.78 is 0. The maximum atomic E-state index is 10.8. The van der Waals surface area contributed by atoms with E-state index in [1.165, 1.54) is 6.07 Å². The third kappa shape index (κ3) is 3.32. The molecule has 4 heteroatoms. The van der Waals surface area contributed by atoms with Gasteiger partial charge in [-0.1, -0.05) is 24.3 Å². The minimum absolute atomic E-state index is 0.0937. The molecule has 0 bridgehead atoms. The van der Waals surface area contributed by atoms with Gasteiger partial charge in [-0.2, -0.15) is 0 Å². The van der Waals surface area contributed by atoms with E-state index in [0.717, 1.165) is 10.6 Å². The first-order chi connectivity index (χ1) is 8.25. The molecule has 0 radical (unpaired) electrons. The Morgan fingerprint density at radius 3 is 2.59 bits per heavy atom. The summed E-state index contributed by atoms with van der Waals surface area (Å²) in [6.45, 7) is 0. The second-order valence-corrected chi connectivity index (χ2v) is 4.47. The molecule has 17 heavy (non-hydrogen) atoms. The van der Waals surface area contributed by atoms with Crippen molar-refractivity contribution in [1.82, 2.24) is 4.98 Å². The number of pyridine rings is 1. The van der Waals surface area contributed by atoms with Gasteiger partial charge in [-0.15, -0.1) is 11.8 Å². The zero-order valence-corrected chi connectivity index (χ0v) is 9.85. The molecule has 1 N–H and O–H groups in total. The van der Waals surface area contributed by atoms with Gasteiger partial charge in [0.25, 0.3) is 0 Å². The number of carboxylic acids is 1. The van der Waals surface area contributed by atoms with Crippen molar-refractivity contribution in [2.75, 3.05) is 0 Å². The van der Waals surface area contributed by atoms with E-state index in [1.807, 2.05) is 36.4 Å². The molecule has 0 amide bonds. The van der Waals surface area contributed by atoms with Crippen LogP contribution < -0.4 is 0 Å². The van der Waals surface area contributed by atoms with Crippen molar-refractivity contribution in [3.63, 3.8) is 0 Å². The quantitative estimate of drug-likeness (QED) is 0.841. The molecular weight excluding hydrogens is 234 g/mol. The Bertz CT molecular complexity index is 514. The van der Waals surface area contributed by atoms with Crippen LogP contribution in [0.15, 0.2) is 53.4 Å². The van der Waals surface area contributed by atoms with Crippen LogP contribution in [-0.2, 0) is 5.75 Å². The molecule has 2 aromatic rings. The number of thioether (sulfide) groups is 1. The number of aromatic nitrogens is 1. The Kier molecular flexibility index (Phi) is 3.77. The molecule has 0 fully saturated rings. The van der Waals surface area contributed by atoms with Gasteiger partial charge < -0.3 is 5.11 Å². The molecule has 0 atom stereocenters. The first-order valence-electron chi connectivity index (χ1n) is 5.13. The van der Waals surface area contributed by atoms with Crippen LogP contribution in [0, 0.1) is 0 Å². The van der Waals surface area contributed by atoms with Gasteiger partial charge in [0.05, 0.1) is 5.69 Å². The molecule has 0 saturated heterocycles. The number of carbonyl (C=O) groups is 1. The third-order valence-corrected chi connectivity index (χ3v) is 3.20. The molecule has 0 spiro atoms. The Morgan fingerprint density at radius 2 is 1.88 bits per heavy atom. The van der Waals surface area contributed by atoms with E-state index in [9.17, 15) is 4.79 Å². The predicted octanol–water partition coefficient (Wildman–Crippen LogP) is 3.07. The van der Waals surface area contributed by atoms with Crippen molar-refractivity contribution in [1.29, 1.82) is 0 Å². The minimum atomic E-state index is -0.989. The molecule has 0 aliphatic carbocycles. The number of hydrogen-bond donors (Lipinski definition) is 1. The second kappa shape index (κ2) is 5.50. The monoisotopic (exact) mass is 245 g/mol. The summed E-state index contributed by atoms with van der Waals surface area (Å²) in [6, 6.07) is 15.0. The van der Waals surface area contributed by atoms with E-state index in [-0.39, 0.29) is 5.69 Å². The lowest BCUT2D eigenvalue weighted by molar-refractivity contribution is 0.0690. The van der Waals surface area contributed by atoms with E-state index in [0.29, 0.717) is 5.75 Å². The SMILES string of the molecule is O=C(O)c1cccc(CSc2ccccc2)n1. The Morgan fingerprint density at radius 1 is 1.12 bits per heavy atom. The van der Waals surface area contributed by atoms with E-state index in [4.69, 9.17) is 5.11 Å². The van der Waals surface area contributed by atoms with Crippen molar-refractivity contribution >= 4 is 17.7 Å². The van der Waals surface area contributed by atoms with Crippen LogP contribution in [0.25, 0.3) is 0 Å². The molecule has 0 aliphatic heterocycles. The van der Waals surface area contributed by atoms with Crippen LogP contribution in [0.5, 0.6) is 0 Å². The maximum absolute atomic E-state index is 10.8. The third-order valence-electron chi connectivity index (χ3n) is 2.16. The van der Waals surface area contributed by atoms with E-state index < -0.39 is 5.97 Å². The molecule has 86 valence electrons. The number of rotatable bonds is 4. The van der Waals surface area contributed by atoms with Gasteiger partial charge in [-0.25, -0.2) is 9.78 Å².